The molecular formula is C30H20N2O. The van der Waals surface area contributed by atoms with Crippen molar-refractivity contribution in [3.63, 3.8) is 0 Å². The molecule has 7 rings (SSSR count). The fourth-order valence-corrected chi connectivity index (χ4v) is 4.99. The first-order chi connectivity index (χ1) is 16.4. The molecule has 0 amide bonds. The van der Waals surface area contributed by atoms with Crippen molar-refractivity contribution in [2.24, 2.45) is 0 Å². The minimum atomic E-state index is 0.844. The summed E-state index contributed by atoms with van der Waals surface area (Å²) in [6.45, 7) is 0. The molecule has 0 aliphatic carbocycles. The van der Waals surface area contributed by atoms with E-state index in [2.05, 4.69) is 119 Å². The van der Waals surface area contributed by atoms with Crippen molar-refractivity contribution >= 4 is 38.9 Å². The summed E-state index contributed by atoms with van der Waals surface area (Å²) in [5, 5.41) is 2.49. The van der Waals surface area contributed by atoms with Gasteiger partial charge in [0.25, 0.3) is 0 Å². The third-order valence-electron chi connectivity index (χ3n) is 6.36. The van der Waals surface area contributed by atoms with Gasteiger partial charge in [-0.05, 0) is 48.5 Å². The van der Waals surface area contributed by atoms with Crippen LogP contribution in [0.1, 0.15) is 0 Å². The summed E-state index contributed by atoms with van der Waals surface area (Å²) in [5.41, 5.74) is 6.61. The van der Waals surface area contributed by atoms with Gasteiger partial charge in [-0.2, -0.15) is 0 Å². The molecule has 2 heterocycles. The van der Waals surface area contributed by atoms with Gasteiger partial charge in [-0.1, -0.05) is 72.8 Å². The third-order valence-corrected chi connectivity index (χ3v) is 6.36. The molecule has 156 valence electrons. The van der Waals surface area contributed by atoms with E-state index < -0.39 is 0 Å². The standard InChI is InChI=1S/C30H20N2O/c1-2-11-21(12-3-1)31-26-17-8-9-19-28(26)33-29-20-10-18-27(30(29)31)32-24-15-6-4-13-22(24)23-14-5-7-16-25(23)32/h1-20H. The molecule has 0 bridgehead atoms. The number of rotatable bonds is 2. The summed E-state index contributed by atoms with van der Waals surface area (Å²) in [5.74, 6) is 1.70. The number of ether oxygens (including phenoxy) is 1. The van der Waals surface area contributed by atoms with Crippen molar-refractivity contribution in [1.29, 1.82) is 0 Å². The van der Waals surface area contributed by atoms with Gasteiger partial charge in [-0.3, -0.25) is 0 Å². The first-order valence-electron chi connectivity index (χ1n) is 11.1. The van der Waals surface area contributed by atoms with E-state index in [4.69, 9.17) is 4.74 Å². The second-order valence-electron chi connectivity index (χ2n) is 8.23. The van der Waals surface area contributed by atoms with Crippen molar-refractivity contribution in [3.8, 4) is 17.2 Å². The lowest BCUT2D eigenvalue weighted by Gasteiger charge is -2.34. The average Bonchev–Trinajstić information content (AvgIpc) is 3.22. The normalized spacial score (nSPS) is 12.4. The molecule has 0 saturated heterocycles. The van der Waals surface area contributed by atoms with Crippen molar-refractivity contribution in [2.75, 3.05) is 4.90 Å². The number of benzene rings is 5. The van der Waals surface area contributed by atoms with Gasteiger partial charge in [-0.15, -0.1) is 0 Å². The van der Waals surface area contributed by atoms with Gasteiger partial charge >= 0.3 is 0 Å². The van der Waals surface area contributed by atoms with Crippen LogP contribution in [0.2, 0.25) is 0 Å². The molecule has 0 spiro atoms. The largest absolute Gasteiger partial charge is 0.453 e. The Labute approximate surface area is 191 Å². The van der Waals surface area contributed by atoms with Crippen LogP contribution in [0.15, 0.2) is 121 Å². The summed E-state index contributed by atoms with van der Waals surface area (Å²) in [6, 6.07) is 42.3. The number of hydrogen-bond donors (Lipinski definition) is 0. The van der Waals surface area contributed by atoms with Crippen LogP contribution in [-0.2, 0) is 0 Å². The fraction of sp³-hybridized carbons (Fsp3) is 0. The SMILES string of the molecule is c1ccc(N2c3ccccc3Oc3cccc(-n4c5ccccc5c5ccccc54)c32)cc1. The Kier molecular flexibility index (Phi) is 3.84. The minimum absolute atomic E-state index is 0.844. The Morgan fingerprint density at radius 2 is 1.03 bits per heavy atom. The van der Waals surface area contributed by atoms with Crippen LogP contribution in [-0.4, -0.2) is 4.57 Å². The predicted octanol–water partition coefficient (Wildman–Crippen LogP) is 8.36. The fourth-order valence-electron chi connectivity index (χ4n) is 4.99. The smallest absolute Gasteiger partial charge is 0.153 e. The molecule has 0 atom stereocenters. The summed E-state index contributed by atoms with van der Waals surface area (Å²) < 4.78 is 8.79. The lowest BCUT2D eigenvalue weighted by molar-refractivity contribution is 0.476. The lowest BCUT2D eigenvalue weighted by Crippen LogP contribution is -2.18. The van der Waals surface area contributed by atoms with Gasteiger partial charge in [-0.25, -0.2) is 0 Å². The van der Waals surface area contributed by atoms with Crippen LogP contribution in [0.5, 0.6) is 11.5 Å². The maximum atomic E-state index is 6.44. The summed E-state index contributed by atoms with van der Waals surface area (Å²) >= 11 is 0. The van der Waals surface area contributed by atoms with Crippen molar-refractivity contribution in [1.82, 2.24) is 4.57 Å². The zero-order valence-electron chi connectivity index (χ0n) is 17.8. The lowest BCUT2D eigenvalue weighted by atomic mass is 10.1. The van der Waals surface area contributed by atoms with Crippen molar-refractivity contribution < 1.29 is 4.74 Å². The van der Waals surface area contributed by atoms with E-state index in [9.17, 15) is 0 Å². The molecular weight excluding hydrogens is 404 g/mol. The number of hydrogen-bond acceptors (Lipinski definition) is 2. The topological polar surface area (TPSA) is 17.4 Å². The zero-order valence-corrected chi connectivity index (χ0v) is 17.8. The molecule has 3 heteroatoms. The molecule has 6 aromatic rings. The van der Waals surface area contributed by atoms with Gasteiger partial charge in [0.15, 0.2) is 11.5 Å². The molecule has 0 saturated carbocycles. The van der Waals surface area contributed by atoms with Crippen LogP contribution in [0.4, 0.5) is 17.1 Å². The zero-order chi connectivity index (χ0) is 21.8. The second kappa shape index (κ2) is 7.01. The van der Waals surface area contributed by atoms with E-state index in [-0.39, 0.29) is 0 Å². The van der Waals surface area contributed by atoms with Gasteiger partial charge in [0.2, 0.25) is 0 Å². The van der Waals surface area contributed by atoms with Crippen LogP contribution in [0.25, 0.3) is 27.5 Å². The quantitative estimate of drug-likeness (QED) is 0.277. The minimum Gasteiger partial charge on any atom is -0.453 e. The summed E-state index contributed by atoms with van der Waals surface area (Å²) in [6.07, 6.45) is 0. The Balaban J connectivity index is 1.60. The van der Waals surface area contributed by atoms with Gasteiger partial charge in [0.1, 0.15) is 5.69 Å². The highest BCUT2D eigenvalue weighted by Gasteiger charge is 2.29. The first-order valence-corrected chi connectivity index (χ1v) is 11.1. The molecule has 1 aliphatic heterocycles. The highest BCUT2D eigenvalue weighted by atomic mass is 16.5. The molecule has 1 aliphatic rings. The predicted molar refractivity (Wildman–Crippen MR) is 136 cm³/mol. The molecule has 0 radical (unpaired) electrons. The number of fused-ring (bicyclic) bond motifs is 5. The van der Waals surface area contributed by atoms with Crippen LogP contribution in [0, 0.1) is 0 Å². The molecule has 0 N–H and O–H groups in total. The Morgan fingerprint density at radius 1 is 0.455 bits per heavy atom. The molecule has 0 unspecified atom stereocenters. The monoisotopic (exact) mass is 424 g/mol. The molecule has 33 heavy (non-hydrogen) atoms. The van der Waals surface area contributed by atoms with E-state index >= 15 is 0 Å². The number of nitrogens with zero attached hydrogens (tertiary/aromatic N) is 2. The van der Waals surface area contributed by atoms with Gasteiger partial charge in [0.05, 0.1) is 22.4 Å². The Hall–Kier alpha value is -4.50. The highest BCUT2D eigenvalue weighted by Crippen LogP contribution is 2.53. The Morgan fingerprint density at radius 3 is 1.79 bits per heavy atom. The summed E-state index contributed by atoms with van der Waals surface area (Å²) in [4.78, 5) is 2.31. The molecule has 1 aromatic heterocycles. The van der Waals surface area contributed by atoms with E-state index in [1.807, 2.05) is 12.1 Å². The van der Waals surface area contributed by atoms with E-state index in [1.54, 1.807) is 0 Å². The second-order valence-corrected chi connectivity index (χ2v) is 8.23. The van der Waals surface area contributed by atoms with Crippen LogP contribution >= 0.6 is 0 Å². The first kappa shape index (κ1) is 18.1. The molecule has 5 aromatic carbocycles. The van der Waals surface area contributed by atoms with Crippen LogP contribution in [0.3, 0.4) is 0 Å². The van der Waals surface area contributed by atoms with Gasteiger partial charge < -0.3 is 14.2 Å². The number of anilines is 3. The number of para-hydroxylation sites is 6. The maximum Gasteiger partial charge on any atom is 0.153 e. The molecule has 0 fully saturated rings. The van der Waals surface area contributed by atoms with Crippen molar-refractivity contribution in [3.05, 3.63) is 121 Å². The van der Waals surface area contributed by atoms with E-state index in [0.29, 0.717) is 0 Å². The van der Waals surface area contributed by atoms with Crippen molar-refractivity contribution in [2.45, 2.75) is 0 Å². The maximum absolute atomic E-state index is 6.44. The van der Waals surface area contributed by atoms with E-state index in [1.165, 1.54) is 21.8 Å². The third kappa shape index (κ3) is 2.63. The van der Waals surface area contributed by atoms with Gasteiger partial charge in [0, 0.05) is 16.5 Å². The number of aromatic nitrogens is 1. The average molecular weight is 425 g/mol. The Bertz CT molecular complexity index is 1600. The highest BCUT2D eigenvalue weighted by molar-refractivity contribution is 6.10. The van der Waals surface area contributed by atoms with E-state index in [0.717, 1.165) is 34.2 Å². The van der Waals surface area contributed by atoms with Crippen LogP contribution < -0.4 is 9.64 Å². The molecule has 3 nitrogen and oxygen atoms in total. The summed E-state index contributed by atoms with van der Waals surface area (Å²) in [7, 11) is 0.